The third-order valence-electron chi connectivity index (χ3n) is 1.18. The molecule has 0 fully saturated rings. The maximum atomic E-state index is 12.0. The molecule has 68 valence electrons. The minimum atomic E-state index is -5.01. The van der Waals surface area contributed by atoms with Crippen LogP contribution in [0.2, 0.25) is 0 Å². The summed E-state index contributed by atoms with van der Waals surface area (Å²) in [5, 5.41) is 0. The van der Waals surface area contributed by atoms with E-state index < -0.39 is 17.7 Å². The average Bonchev–Trinajstić information content (AvgIpc) is 1.99. The Bertz CT molecular complexity index is 230. The molecule has 0 heterocycles. The number of rotatable bonds is 1. The largest absolute Gasteiger partial charge is 0.467 e. The molecule has 0 radical (unpaired) electrons. The Morgan fingerprint density at radius 2 is 2.00 bits per heavy atom. The van der Waals surface area contributed by atoms with Gasteiger partial charge in [-0.3, -0.25) is 5.73 Å². The van der Waals surface area contributed by atoms with Crippen LogP contribution in [0, 0.1) is 12.3 Å². The third kappa shape index (κ3) is 1.51. The van der Waals surface area contributed by atoms with E-state index in [-0.39, 0.29) is 0 Å². The van der Waals surface area contributed by atoms with Gasteiger partial charge in [0.2, 0.25) is 0 Å². The first-order chi connectivity index (χ1) is 5.29. The summed E-state index contributed by atoms with van der Waals surface area (Å²) in [5.74, 6) is -0.549. The van der Waals surface area contributed by atoms with E-state index in [9.17, 15) is 18.0 Å². The fourth-order valence-electron chi connectivity index (χ4n) is 0.417. The minimum absolute atomic E-state index is 0.771. The number of hydrogen-bond acceptors (Lipinski definition) is 3. The number of halogens is 3. The molecule has 0 aliphatic heterocycles. The van der Waals surface area contributed by atoms with Crippen molar-refractivity contribution in [3.05, 3.63) is 0 Å². The van der Waals surface area contributed by atoms with Crippen LogP contribution in [0.25, 0.3) is 0 Å². The van der Waals surface area contributed by atoms with Gasteiger partial charge in [-0.2, -0.15) is 13.2 Å². The molecule has 0 aromatic heterocycles. The number of alkyl halides is 3. The number of ether oxygens (including phenoxy) is 1. The minimum Gasteiger partial charge on any atom is -0.467 e. The molecule has 0 aliphatic carbocycles. The molecular formula is C6H6F3NO2. The summed E-state index contributed by atoms with van der Waals surface area (Å²) >= 11 is 0. The highest BCUT2D eigenvalue weighted by Gasteiger charge is 2.58. The lowest BCUT2D eigenvalue weighted by Crippen LogP contribution is -2.59. The summed E-state index contributed by atoms with van der Waals surface area (Å²) < 4.78 is 39.7. The summed E-state index contributed by atoms with van der Waals surface area (Å²) in [7, 11) is 0.771. The van der Waals surface area contributed by atoms with Gasteiger partial charge in [-0.15, -0.1) is 6.42 Å². The van der Waals surface area contributed by atoms with E-state index in [2.05, 4.69) is 16.9 Å². The molecule has 0 amide bonds. The van der Waals surface area contributed by atoms with Crippen molar-refractivity contribution < 1.29 is 22.7 Å². The van der Waals surface area contributed by atoms with Crippen LogP contribution in [0.4, 0.5) is 13.2 Å². The van der Waals surface area contributed by atoms with Crippen molar-refractivity contribution in [1.29, 1.82) is 0 Å². The van der Waals surface area contributed by atoms with Crippen LogP contribution in [0.3, 0.4) is 0 Å². The smallest absolute Gasteiger partial charge is 0.428 e. The Kier molecular flexibility index (Phi) is 2.72. The lowest BCUT2D eigenvalue weighted by molar-refractivity contribution is -0.191. The van der Waals surface area contributed by atoms with Crippen molar-refractivity contribution in [3.63, 3.8) is 0 Å². The quantitative estimate of drug-likeness (QED) is 0.459. The number of esters is 1. The van der Waals surface area contributed by atoms with E-state index in [4.69, 9.17) is 0 Å². The zero-order valence-electron chi connectivity index (χ0n) is 6.11. The molecule has 0 aromatic rings. The first kappa shape index (κ1) is 10.8. The van der Waals surface area contributed by atoms with Crippen molar-refractivity contribution in [1.82, 2.24) is 0 Å². The lowest BCUT2D eigenvalue weighted by Gasteiger charge is -2.22. The summed E-state index contributed by atoms with van der Waals surface area (Å²) in [5.41, 5.74) is 1.25. The fraction of sp³-hybridized carbons (Fsp3) is 0.500. The Hall–Kier alpha value is -1.22. The van der Waals surface area contributed by atoms with Crippen molar-refractivity contribution in [2.24, 2.45) is 5.73 Å². The van der Waals surface area contributed by atoms with Gasteiger partial charge in [0.15, 0.2) is 0 Å². The summed E-state index contributed by atoms with van der Waals surface area (Å²) in [6.07, 6.45) is -0.531. The summed E-state index contributed by atoms with van der Waals surface area (Å²) in [6.45, 7) is 0. The molecule has 0 rings (SSSR count). The first-order valence-electron chi connectivity index (χ1n) is 2.71. The van der Waals surface area contributed by atoms with Gasteiger partial charge < -0.3 is 4.74 Å². The molecule has 1 atom stereocenters. The fourth-order valence-corrected chi connectivity index (χ4v) is 0.417. The van der Waals surface area contributed by atoms with Gasteiger partial charge in [0.1, 0.15) is 0 Å². The molecule has 3 nitrogen and oxygen atoms in total. The van der Waals surface area contributed by atoms with E-state index in [0.29, 0.717) is 0 Å². The van der Waals surface area contributed by atoms with Gasteiger partial charge in [-0.25, -0.2) is 4.79 Å². The summed E-state index contributed by atoms with van der Waals surface area (Å²) in [6, 6.07) is 0. The standard InChI is InChI=1S/C6H6F3NO2/c1-3-5(10,4(11)12-2)6(7,8)9/h1H,10H2,2H3. The second-order valence-electron chi connectivity index (χ2n) is 1.94. The van der Waals surface area contributed by atoms with Gasteiger partial charge >= 0.3 is 12.1 Å². The molecule has 1 unspecified atom stereocenters. The molecule has 0 saturated carbocycles. The van der Waals surface area contributed by atoms with Crippen molar-refractivity contribution in [3.8, 4) is 12.3 Å². The predicted octanol–water partition coefficient (Wildman–Crippen LogP) is 0.0524. The third-order valence-corrected chi connectivity index (χ3v) is 1.18. The van der Waals surface area contributed by atoms with E-state index in [1.165, 1.54) is 0 Å². The van der Waals surface area contributed by atoms with E-state index in [1.54, 1.807) is 0 Å². The molecule has 0 aromatic carbocycles. The maximum Gasteiger partial charge on any atom is 0.428 e. The van der Waals surface area contributed by atoms with Crippen LogP contribution in [0.15, 0.2) is 0 Å². The highest BCUT2D eigenvalue weighted by Crippen LogP contribution is 2.28. The molecule has 6 heteroatoms. The number of carbonyl (C=O) groups excluding carboxylic acids is 1. The number of hydrogen-bond donors (Lipinski definition) is 1. The highest BCUT2D eigenvalue weighted by atomic mass is 19.4. The second kappa shape index (κ2) is 3.03. The zero-order valence-corrected chi connectivity index (χ0v) is 6.11. The Labute approximate surface area is 66.7 Å². The molecule has 0 spiro atoms. The Morgan fingerprint density at radius 3 is 2.08 bits per heavy atom. The number of carbonyl (C=O) groups is 1. The first-order valence-corrected chi connectivity index (χ1v) is 2.71. The SMILES string of the molecule is C#CC(N)(C(=O)OC)C(F)(F)F. The predicted molar refractivity (Wildman–Crippen MR) is 33.8 cm³/mol. The van der Waals surface area contributed by atoms with Gasteiger partial charge in [0.25, 0.3) is 5.54 Å². The van der Waals surface area contributed by atoms with Crippen LogP contribution in [-0.4, -0.2) is 24.8 Å². The maximum absolute atomic E-state index is 12.0. The number of terminal acetylenes is 1. The van der Waals surface area contributed by atoms with Crippen LogP contribution < -0.4 is 5.73 Å². The number of nitrogens with two attached hydrogens (primary N) is 1. The lowest BCUT2D eigenvalue weighted by atomic mass is 10.0. The van der Waals surface area contributed by atoms with Crippen LogP contribution in [-0.2, 0) is 9.53 Å². The van der Waals surface area contributed by atoms with Gasteiger partial charge in [-0.1, -0.05) is 5.92 Å². The van der Waals surface area contributed by atoms with Crippen LogP contribution in [0.5, 0.6) is 0 Å². The molecule has 0 aliphatic rings. The molecular weight excluding hydrogens is 175 g/mol. The second-order valence-corrected chi connectivity index (χ2v) is 1.94. The molecule has 2 N–H and O–H groups in total. The molecule has 0 bridgehead atoms. The van der Waals surface area contributed by atoms with Crippen molar-refractivity contribution in [2.45, 2.75) is 11.7 Å². The van der Waals surface area contributed by atoms with Crippen LogP contribution >= 0.6 is 0 Å². The Balaban J connectivity index is 4.98. The van der Waals surface area contributed by atoms with E-state index in [1.807, 2.05) is 0 Å². The normalized spacial score (nSPS) is 16.0. The monoisotopic (exact) mass is 181 g/mol. The van der Waals surface area contributed by atoms with Crippen LogP contribution in [0.1, 0.15) is 0 Å². The summed E-state index contributed by atoms with van der Waals surface area (Å²) in [4.78, 5) is 10.5. The van der Waals surface area contributed by atoms with E-state index in [0.717, 1.165) is 13.0 Å². The van der Waals surface area contributed by atoms with Gasteiger partial charge in [0, 0.05) is 0 Å². The van der Waals surface area contributed by atoms with Crippen molar-refractivity contribution >= 4 is 5.97 Å². The average molecular weight is 181 g/mol. The van der Waals surface area contributed by atoms with E-state index >= 15 is 0 Å². The van der Waals surface area contributed by atoms with Gasteiger partial charge in [0.05, 0.1) is 7.11 Å². The Morgan fingerprint density at radius 1 is 1.58 bits per heavy atom. The van der Waals surface area contributed by atoms with Crippen molar-refractivity contribution in [2.75, 3.05) is 7.11 Å². The van der Waals surface area contributed by atoms with Gasteiger partial charge in [-0.05, 0) is 0 Å². The zero-order chi connectivity index (χ0) is 9.99. The molecule has 0 saturated heterocycles. The number of methoxy groups -OCH3 is 1. The highest BCUT2D eigenvalue weighted by molar-refractivity contribution is 5.85. The molecule has 12 heavy (non-hydrogen) atoms. The topological polar surface area (TPSA) is 52.3 Å².